The molecule has 0 unspecified atom stereocenters. The van der Waals surface area contributed by atoms with Gasteiger partial charge in [0.25, 0.3) is 0 Å². The number of carbonyl (C=O) groups is 2. The number of carbonyl (C=O) groups excluding carboxylic acids is 2. The number of likely N-dealkylation sites (tertiary alicyclic amines) is 1. The highest BCUT2D eigenvalue weighted by molar-refractivity contribution is 6.11. The van der Waals surface area contributed by atoms with Crippen LogP contribution in [0.5, 0.6) is 0 Å². The van der Waals surface area contributed by atoms with E-state index < -0.39 is 0 Å². The molecule has 0 aliphatic carbocycles. The van der Waals surface area contributed by atoms with Gasteiger partial charge in [-0.25, -0.2) is 0 Å². The van der Waals surface area contributed by atoms with E-state index in [9.17, 15) is 9.59 Å². The maximum atomic E-state index is 12.6. The van der Waals surface area contributed by atoms with Gasteiger partial charge in [0.1, 0.15) is 0 Å². The van der Waals surface area contributed by atoms with Crippen molar-refractivity contribution >= 4 is 28.3 Å². The Morgan fingerprint density at radius 2 is 1.53 bits per heavy atom. The molecule has 1 aliphatic rings. The number of benzene rings is 3. The molecule has 34 heavy (non-hydrogen) atoms. The van der Waals surface area contributed by atoms with Crippen LogP contribution >= 0.6 is 0 Å². The average Bonchev–Trinajstić information content (AvgIpc) is 3.53. The van der Waals surface area contributed by atoms with Crippen LogP contribution in [0.3, 0.4) is 0 Å². The van der Waals surface area contributed by atoms with Crippen molar-refractivity contribution in [3.63, 3.8) is 0 Å². The van der Waals surface area contributed by atoms with Gasteiger partial charge in [-0.05, 0) is 61.3 Å². The number of Topliss-reactive ketones (excluding diaryl/α,β-unsaturated/α-hetero) is 1. The highest BCUT2D eigenvalue weighted by atomic mass is 16.2. The summed E-state index contributed by atoms with van der Waals surface area (Å²) in [6.45, 7) is 4.43. The summed E-state index contributed by atoms with van der Waals surface area (Å²) in [6.07, 6.45) is 4.53. The zero-order valence-corrected chi connectivity index (χ0v) is 19.2. The van der Waals surface area contributed by atoms with Crippen molar-refractivity contribution in [1.82, 2.24) is 9.47 Å². The summed E-state index contributed by atoms with van der Waals surface area (Å²) in [6, 6.07) is 25.4. The number of rotatable bonds is 8. The van der Waals surface area contributed by atoms with E-state index in [1.165, 1.54) is 25.9 Å². The third-order valence-corrected chi connectivity index (χ3v) is 6.55. The molecular formula is C29H29N3O2. The first-order valence-corrected chi connectivity index (χ1v) is 12.0. The molecule has 0 atom stereocenters. The molecular weight excluding hydrogens is 422 g/mol. The van der Waals surface area contributed by atoms with Crippen LogP contribution in [0.1, 0.15) is 29.6 Å². The molecule has 4 aromatic rings. The number of hydrogen-bond donors (Lipinski definition) is 1. The number of nitrogens with zero attached hydrogens (tertiary/aromatic N) is 2. The van der Waals surface area contributed by atoms with Crippen LogP contribution in [0.15, 0.2) is 85.1 Å². The minimum absolute atomic E-state index is 0.181. The van der Waals surface area contributed by atoms with Crippen LogP contribution in [0, 0.1) is 0 Å². The second-order valence-corrected chi connectivity index (χ2v) is 8.92. The number of anilines is 1. The Morgan fingerprint density at radius 3 is 2.29 bits per heavy atom. The quantitative estimate of drug-likeness (QED) is 0.280. The predicted octanol–water partition coefficient (Wildman–Crippen LogP) is 5.62. The molecule has 3 aromatic carbocycles. The van der Waals surface area contributed by atoms with Crippen molar-refractivity contribution in [3.05, 3.63) is 90.6 Å². The summed E-state index contributed by atoms with van der Waals surface area (Å²) < 4.78 is 2.27. The smallest absolute Gasteiger partial charge is 0.232 e. The normalized spacial score (nSPS) is 13.9. The van der Waals surface area contributed by atoms with Gasteiger partial charge in [-0.2, -0.15) is 0 Å². The average molecular weight is 452 g/mol. The minimum atomic E-state index is -0.301. The molecule has 1 saturated heterocycles. The van der Waals surface area contributed by atoms with E-state index in [2.05, 4.69) is 27.0 Å². The van der Waals surface area contributed by atoms with Crippen molar-refractivity contribution < 1.29 is 9.59 Å². The van der Waals surface area contributed by atoms with Crippen molar-refractivity contribution in [2.24, 2.45) is 0 Å². The Bertz CT molecular complexity index is 1290. The van der Waals surface area contributed by atoms with Crippen LogP contribution in [0.4, 0.5) is 5.69 Å². The molecule has 5 nitrogen and oxygen atoms in total. The van der Waals surface area contributed by atoms with Crippen molar-refractivity contribution in [2.45, 2.75) is 25.8 Å². The molecule has 1 aliphatic heterocycles. The van der Waals surface area contributed by atoms with Gasteiger partial charge in [0.15, 0.2) is 5.78 Å². The van der Waals surface area contributed by atoms with E-state index >= 15 is 0 Å². The topological polar surface area (TPSA) is 54.3 Å². The van der Waals surface area contributed by atoms with E-state index in [1.807, 2.05) is 60.7 Å². The molecule has 172 valence electrons. The van der Waals surface area contributed by atoms with Gasteiger partial charge in [0.05, 0.1) is 6.42 Å². The molecule has 1 N–H and O–H groups in total. The standard InChI is InChI=1S/C29H29N3O2/c33-28(24-10-8-23(9-11-24)22-6-2-1-3-7-22)21-29(34)30-26-12-13-27-25(20-26)14-17-32(27)19-18-31-15-4-5-16-31/h1-3,6-14,17,20H,4-5,15-16,18-19,21H2,(H,30,34). The molecule has 5 heteroatoms. The minimum Gasteiger partial charge on any atom is -0.346 e. The lowest BCUT2D eigenvalue weighted by molar-refractivity contribution is -0.115. The zero-order chi connectivity index (χ0) is 23.3. The van der Waals surface area contributed by atoms with E-state index in [1.54, 1.807) is 12.1 Å². The Balaban J connectivity index is 1.18. The van der Waals surface area contributed by atoms with Crippen LogP contribution in [0.2, 0.25) is 0 Å². The maximum Gasteiger partial charge on any atom is 0.232 e. The van der Waals surface area contributed by atoms with Gasteiger partial charge in [-0.3, -0.25) is 9.59 Å². The summed E-state index contributed by atoms with van der Waals surface area (Å²) in [4.78, 5) is 27.7. The van der Waals surface area contributed by atoms with Gasteiger partial charge in [-0.15, -0.1) is 0 Å². The molecule has 1 aromatic heterocycles. The van der Waals surface area contributed by atoms with Crippen molar-refractivity contribution in [1.29, 1.82) is 0 Å². The fraction of sp³-hybridized carbons (Fsp3) is 0.241. The Hall–Kier alpha value is -3.70. The fourth-order valence-corrected chi connectivity index (χ4v) is 4.66. The highest BCUT2D eigenvalue weighted by Crippen LogP contribution is 2.22. The Morgan fingerprint density at radius 1 is 0.794 bits per heavy atom. The number of amides is 1. The summed E-state index contributed by atoms with van der Waals surface area (Å²) in [5.74, 6) is -0.490. The number of fused-ring (bicyclic) bond motifs is 1. The lowest BCUT2D eigenvalue weighted by Crippen LogP contribution is -2.23. The van der Waals surface area contributed by atoms with Crippen LogP contribution < -0.4 is 5.32 Å². The van der Waals surface area contributed by atoms with E-state index in [0.29, 0.717) is 11.3 Å². The predicted molar refractivity (Wildman–Crippen MR) is 137 cm³/mol. The van der Waals surface area contributed by atoms with Crippen LogP contribution in [0.25, 0.3) is 22.0 Å². The van der Waals surface area contributed by atoms with E-state index in [0.717, 1.165) is 35.1 Å². The van der Waals surface area contributed by atoms with Crippen LogP contribution in [-0.4, -0.2) is 40.8 Å². The molecule has 1 fully saturated rings. The van der Waals surface area contributed by atoms with Gasteiger partial charge in [0, 0.05) is 41.4 Å². The first-order valence-electron chi connectivity index (χ1n) is 12.0. The van der Waals surface area contributed by atoms with Gasteiger partial charge < -0.3 is 14.8 Å². The lowest BCUT2D eigenvalue weighted by Gasteiger charge is -2.15. The maximum absolute atomic E-state index is 12.6. The monoisotopic (exact) mass is 451 g/mol. The number of nitrogens with one attached hydrogen (secondary N) is 1. The third kappa shape index (κ3) is 5.10. The number of aromatic nitrogens is 1. The summed E-state index contributed by atoms with van der Waals surface area (Å²) in [5, 5.41) is 3.97. The van der Waals surface area contributed by atoms with Gasteiger partial charge in [0.2, 0.25) is 5.91 Å². The summed E-state index contributed by atoms with van der Waals surface area (Å²) in [7, 11) is 0. The van der Waals surface area contributed by atoms with Crippen LogP contribution in [-0.2, 0) is 11.3 Å². The number of ketones is 1. The molecule has 0 spiro atoms. The highest BCUT2D eigenvalue weighted by Gasteiger charge is 2.14. The lowest BCUT2D eigenvalue weighted by atomic mass is 10.0. The molecule has 1 amide bonds. The largest absolute Gasteiger partial charge is 0.346 e. The van der Waals surface area contributed by atoms with Crippen molar-refractivity contribution in [2.75, 3.05) is 25.0 Å². The second kappa shape index (κ2) is 10.1. The first kappa shape index (κ1) is 22.1. The van der Waals surface area contributed by atoms with E-state index in [-0.39, 0.29) is 18.1 Å². The zero-order valence-electron chi connectivity index (χ0n) is 19.2. The van der Waals surface area contributed by atoms with Gasteiger partial charge >= 0.3 is 0 Å². The molecule has 0 radical (unpaired) electrons. The summed E-state index contributed by atoms with van der Waals surface area (Å²) >= 11 is 0. The van der Waals surface area contributed by atoms with Crippen molar-refractivity contribution in [3.8, 4) is 11.1 Å². The first-order chi connectivity index (χ1) is 16.7. The second-order valence-electron chi connectivity index (χ2n) is 8.92. The van der Waals surface area contributed by atoms with Gasteiger partial charge in [-0.1, -0.05) is 54.6 Å². The third-order valence-electron chi connectivity index (χ3n) is 6.55. The van der Waals surface area contributed by atoms with E-state index in [4.69, 9.17) is 0 Å². The SMILES string of the molecule is O=C(CC(=O)c1ccc(-c2ccccc2)cc1)Nc1ccc2c(ccn2CCN2CCCC2)c1. The molecule has 0 saturated carbocycles. The molecule has 0 bridgehead atoms. The number of hydrogen-bond acceptors (Lipinski definition) is 3. The summed E-state index contributed by atoms with van der Waals surface area (Å²) in [5.41, 5.74) is 4.55. The Labute approximate surface area is 200 Å². The fourth-order valence-electron chi connectivity index (χ4n) is 4.66. The Kier molecular flexibility index (Phi) is 6.54. The molecule has 5 rings (SSSR count). The molecule has 2 heterocycles.